The summed E-state index contributed by atoms with van der Waals surface area (Å²) in [7, 11) is 0. The Balaban J connectivity index is 1.84. The van der Waals surface area contributed by atoms with Gasteiger partial charge >= 0.3 is 17.9 Å². The largest absolute Gasteiger partial charge is 0.462 e. The first-order chi connectivity index (χ1) is 19.5. The highest BCUT2D eigenvalue weighted by atomic mass is 16.6. The maximum atomic E-state index is 11.8. The quantitative estimate of drug-likeness (QED) is 0.148. The number of aliphatic hydroxyl groups is 1. The van der Waals surface area contributed by atoms with Crippen LogP contribution in [0.5, 0.6) is 11.5 Å². The Morgan fingerprint density at radius 2 is 1.39 bits per heavy atom. The van der Waals surface area contributed by atoms with E-state index >= 15 is 0 Å². The van der Waals surface area contributed by atoms with Crippen molar-refractivity contribution < 1.29 is 38.4 Å². The molecular weight excluding hydrogens is 524 g/mol. The summed E-state index contributed by atoms with van der Waals surface area (Å²) in [6.45, 7) is 16.0. The zero-order chi connectivity index (χ0) is 30.1. The predicted octanol–water partition coefficient (Wildman–Crippen LogP) is 5.52. The van der Waals surface area contributed by atoms with E-state index < -0.39 is 24.2 Å². The molecule has 8 nitrogen and oxygen atoms in total. The summed E-state index contributed by atoms with van der Waals surface area (Å²) in [6, 6.07) is 10.7. The molecule has 2 aromatic carbocycles. The van der Waals surface area contributed by atoms with E-state index in [2.05, 4.69) is 19.7 Å². The minimum absolute atomic E-state index is 0.216. The van der Waals surface area contributed by atoms with Gasteiger partial charge in [0.25, 0.3) is 0 Å². The lowest BCUT2D eigenvalue weighted by atomic mass is 9.93. The van der Waals surface area contributed by atoms with Crippen molar-refractivity contribution in [3.8, 4) is 11.5 Å². The second kappa shape index (κ2) is 14.3. The summed E-state index contributed by atoms with van der Waals surface area (Å²) in [6.07, 6.45) is 2.99. The van der Waals surface area contributed by atoms with Crippen molar-refractivity contribution in [3.63, 3.8) is 0 Å². The molecule has 0 saturated carbocycles. The summed E-state index contributed by atoms with van der Waals surface area (Å²) >= 11 is 0. The molecule has 0 aliphatic carbocycles. The topological polar surface area (TPSA) is 108 Å². The van der Waals surface area contributed by atoms with Crippen LogP contribution in [0.1, 0.15) is 55.9 Å². The molecule has 0 fully saturated rings. The van der Waals surface area contributed by atoms with Crippen LogP contribution < -0.4 is 9.47 Å². The Bertz CT molecular complexity index is 1380. The van der Waals surface area contributed by atoms with Crippen LogP contribution in [0.25, 0.3) is 11.6 Å². The van der Waals surface area contributed by atoms with Crippen LogP contribution in [0.3, 0.4) is 0 Å². The summed E-state index contributed by atoms with van der Waals surface area (Å²) in [4.78, 5) is 35.3. The van der Waals surface area contributed by atoms with Crippen molar-refractivity contribution >= 4 is 29.6 Å². The molecule has 3 rings (SSSR count). The molecular formula is C33H36O8. The molecule has 1 atom stereocenters. The monoisotopic (exact) mass is 560 g/mol. The Hall–Kier alpha value is -4.43. The number of hydrogen-bond acceptors (Lipinski definition) is 8. The summed E-state index contributed by atoms with van der Waals surface area (Å²) in [5.41, 5.74) is 4.87. The zero-order valence-electron chi connectivity index (χ0n) is 23.8. The predicted molar refractivity (Wildman–Crippen MR) is 156 cm³/mol. The number of rotatable bonds is 13. The van der Waals surface area contributed by atoms with Gasteiger partial charge in [-0.2, -0.15) is 0 Å². The molecule has 41 heavy (non-hydrogen) atoms. The fourth-order valence-corrected chi connectivity index (χ4v) is 4.03. The van der Waals surface area contributed by atoms with Crippen molar-refractivity contribution in [2.24, 2.45) is 0 Å². The molecule has 216 valence electrons. The Morgan fingerprint density at radius 1 is 0.829 bits per heavy atom. The highest BCUT2D eigenvalue weighted by Crippen LogP contribution is 2.38. The molecule has 1 aliphatic heterocycles. The molecule has 0 bridgehead atoms. The van der Waals surface area contributed by atoms with Gasteiger partial charge < -0.3 is 24.1 Å². The van der Waals surface area contributed by atoms with E-state index in [1.807, 2.05) is 18.2 Å². The van der Waals surface area contributed by atoms with Gasteiger partial charge in [-0.15, -0.1) is 0 Å². The van der Waals surface area contributed by atoms with E-state index in [-0.39, 0.29) is 13.2 Å². The lowest BCUT2D eigenvalue weighted by Crippen LogP contribution is -2.22. The minimum Gasteiger partial charge on any atom is -0.462 e. The average molecular weight is 561 g/mol. The van der Waals surface area contributed by atoms with E-state index in [1.165, 1.54) is 0 Å². The van der Waals surface area contributed by atoms with E-state index in [1.54, 1.807) is 45.0 Å². The Labute approximate surface area is 240 Å². The van der Waals surface area contributed by atoms with Gasteiger partial charge in [-0.1, -0.05) is 37.9 Å². The average Bonchev–Trinajstić information content (AvgIpc) is 2.93. The standard InChI is InChI=1S/C33H36O8/c1-20(2)30(34)38-15-7-9-23-17-25(10-8-16-39-31(35)21(3)4)29-26(18-23)19-28(33(37)41-29)24-11-13-27(14-12-24)40-32(36)22(5)6/h11-14,17-19,33,37H,1,3,5,7-10,15-16H2,2,4,6H3. The normalized spacial score (nSPS) is 13.7. The number of ether oxygens (including phenoxy) is 4. The molecule has 0 saturated heterocycles. The molecule has 0 radical (unpaired) electrons. The molecule has 1 heterocycles. The van der Waals surface area contributed by atoms with Crippen LogP contribution in [0.4, 0.5) is 0 Å². The molecule has 1 aliphatic rings. The number of carbonyl (C=O) groups excluding carboxylic acids is 3. The van der Waals surface area contributed by atoms with Crippen molar-refractivity contribution in [3.05, 3.63) is 95.1 Å². The first-order valence-corrected chi connectivity index (χ1v) is 13.3. The van der Waals surface area contributed by atoms with Gasteiger partial charge in [-0.25, -0.2) is 14.4 Å². The summed E-state index contributed by atoms with van der Waals surface area (Å²) < 4.78 is 21.7. The molecule has 0 amide bonds. The molecule has 1 unspecified atom stereocenters. The zero-order valence-corrected chi connectivity index (χ0v) is 23.8. The highest BCUT2D eigenvalue weighted by Gasteiger charge is 2.25. The van der Waals surface area contributed by atoms with Gasteiger partial charge in [-0.3, -0.25) is 0 Å². The minimum atomic E-state index is -1.22. The molecule has 0 aromatic heterocycles. The van der Waals surface area contributed by atoms with Gasteiger partial charge in [0.1, 0.15) is 11.5 Å². The maximum absolute atomic E-state index is 11.8. The number of carbonyl (C=O) groups is 3. The number of esters is 3. The van der Waals surface area contributed by atoms with Gasteiger partial charge in [0.2, 0.25) is 6.29 Å². The highest BCUT2D eigenvalue weighted by molar-refractivity contribution is 5.90. The van der Waals surface area contributed by atoms with E-state index in [0.717, 1.165) is 16.7 Å². The second-order valence-electron chi connectivity index (χ2n) is 9.98. The number of benzene rings is 2. The van der Waals surface area contributed by atoms with Crippen LogP contribution in [-0.2, 0) is 36.7 Å². The molecule has 0 spiro atoms. The SMILES string of the molecule is C=C(C)C(=O)OCCCc1cc2c(c(CCCOC(=O)C(=C)C)c1)OC(O)C(c1ccc(OC(=O)C(=C)C)cc1)=C2. The van der Waals surface area contributed by atoms with Gasteiger partial charge in [0, 0.05) is 27.9 Å². The van der Waals surface area contributed by atoms with Crippen LogP contribution in [0.15, 0.2) is 72.9 Å². The van der Waals surface area contributed by atoms with Crippen molar-refractivity contribution in [1.29, 1.82) is 0 Å². The third-order valence-electron chi connectivity index (χ3n) is 6.17. The van der Waals surface area contributed by atoms with Gasteiger partial charge in [0.15, 0.2) is 0 Å². The Kier molecular flexibility index (Phi) is 10.8. The van der Waals surface area contributed by atoms with Gasteiger partial charge in [0.05, 0.1) is 13.2 Å². The summed E-state index contributed by atoms with van der Waals surface area (Å²) in [5.74, 6) is -0.466. The van der Waals surface area contributed by atoms with E-state index in [4.69, 9.17) is 18.9 Å². The van der Waals surface area contributed by atoms with Crippen molar-refractivity contribution in [2.45, 2.75) is 52.7 Å². The third kappa shape index (κ3) is 8.78. The number of aliphatic hydroxyl groups excluding tert-OH is 1. The van der Waals surface area contributed by atoms with Crippen molar-refractivity contribution in [1.82, 2.24) is 0 Å². The fraction of sp³-hybridized carbons (Fsp3) is 0.303. The first kappa shape index (κ1) is 31.1. The van der Waals surface area contributed by atoms with Gasteiger partial charge in [-0.05, 0) is 87.4 Å². The number of aryl methyl sites for hydroxylation is 2. The van der Waals surface area contributed by atoms with E-state index in [9.17, 15) is 19.5 Å². The van der Waals surface area contributed by atoms with Crippen LogP contribution in [-0.4, -0.2) is 42.5 Å². The lowest BCUT2D eigenvalue weighted by Gasteiger charge is -2.26. The fourth-order valence-electron chi connectivity index (χ4n) is 4.03. The number of fused-ring (bicyclic) bond motifs is 1. The van der Waals surface area contributed by atoms with E-state index in [0.29, 0.717) is 65.0 Å². The molecule has 2 aromatic rings. The van der Waals surface area contributed by atoms with Crippen LogP contribution in [0, 0.1) is 0 Å². The third-order valence-corrected chi connectivity index (χ3v) is 6.17. The maximum Gasteiger partial charge on any atom is 0.338 e. The molecule has 1 N–H and O–H groups in total. The first-order valence-electron chi connectivity index (χ1n) is 13.3. The second-order valence-corrected chi connectivity index (χ2v) is 9.98. The summed E-state index contributed by atoms with van der Waals surface area (Å²) in [5, 5.41) is 10.9. The van der Waals surface area contributed by atoms with Crippen LogP contribution in [0.2, 0.25) is 0 Å². The lowest BCUT2D eigenvalue weighted by molar-refractivity contribution is -0.139. The molecule has 8 heteroatoms. The number of hydrogen-bond donors (Lipinski definition) is 1. The Morgan fingerprint density at radius 3 is 1.95 bits per heavy atom. The van der Waals surface area contributed by atoms with Crippen LogP contribution >= 0.6 is 0 Å². The van der Waals surface area contributed by atoms with Crippen molar-refractivity contribution in [2.75, 3.05) is 13.2 Å². The smallest absolute Gasteiger partial charge is 0.338 e.